The highest BCUT2D eigenvalue weighted by atomic mass is 16.1. The number of nitrogens with one attached hydrogen (secondary N) is 2. The monoisotopic (exact) mass is 360 g/mol. The molecule has 1 aliphatic carbocycles. The number of pyridine rings is 2. The van der Waals surface area contributed by atoms with E-state index in [4.69, 9.17) is 4.98 Å². The van der Waals surface area contributed by atoms with Gasteiger partial charge in [-0.15, -0.1) is 0 Å². The third-order valence-electron chi connectivity index (χ3n) is 5.26. The Hall–Kier alpha value is -2.95. The molecule has 0 aliphatic heterocycles. The Morgan fingerprint density at radius 1 is 1.04 bits per heavy atom. The van der Waals surface area contributed by atoms with Gasteiger partial charge in [0.25, 0.3) is 5.91 Å². The molecule has 1 saturated carbocycles. The van der Waals surface area contributed by atoms with Gasteiger partial charge in [0.1, 0.15) is 5.82 Å². The maximum Gasteiger partial charge on any atom is 0.253 e. The standard InChI is InChI=1S/C22H24N4O/c1-15-13-21(26-20-7-3-2-6-19(15)20)24-17-8-10-18(11-9-17)25-22(27)16-5-4-12-23-14-16/h2-7,12-14,17-18H,8-11H2,1H3,(H,24,26)(H,25,27). The average molecular weight is 360 g/mol. The molecular weight excluding hydrogens is 336 g/mol. The largest absolute Gasteiger partial charge is 0.367 e. The summed E-state index contributed by atoms with van der Waals surface area (Å²) in [6.07, 6.45) is 7.26. The van der Waals surface area contributed by atoms with E-state index in [0.29, 0.717) is 11.6 Å². The molecule has 2 aromatic heterocycles. The van der Waals surface area contributed by atoms with E-state index >= 15 is 0 Å². The number of aromatic nitrogens is 2. The van der Waals surface area contributed by atoms with E-state index in [1.807, 2.05) is 12.1 Å². The number of hydrogen-bond donors (Lipinski definition) is 2. The Kier molecular flexibility index (Phi) is 5.01. The molecule has 5 nitrogen and oxygen atoms in total. The lowest BCUT2D eigenvalue weighted by Gasteiger charge is -2.30. The van der Waals surface area contributed by atoms with E-state index < -0.39 is 0 Å². The van der Waals surface area contributed by atoms with Crippen molar-refractivity contribution in [3.63, 3.8) is 0 Å². The SMILES string of the molecule is Cc1cc(NC2CCC(NC(=O)c3cccnc3)CC2)nc2ccccc12. The predicted molar refractivity (Wildman–Crippen MR) is 108 cm³/mol. The van der Waals surface area contributed by atoms with E-state index in [0.717, 1.165) is 37.0 Å². The lowest BCUT2D eigenvalue weighted by molar-refractivity contribution is 0.0926. The topological polar surface area (TPSA) is 66.9 Å². The number of anilines is 1. The third kappa shape index (κ3) is 4.08. The summed E-state index contributed by atoms with van der Waals surface area (Å²) in [6, 6.07) is 14.6. The minimum atomic E-state index is -0.0358. The Labute approximate surface area is 159 Å². The summed E-state index contributed by atoms with van der Waals surface area (Å²) < 4.78 is 0. The van der Waals surface area contributed by atoms with Crippen molar-refractivity contribution in [1.29, 1.82) is 0 Å². The molecule has 0 spiro atoms. The molecule has 2 heterocycles. The predicted octanol–water partition coefficient (Wildman–Crippen LogP) is 4.09. The fourth-order valence-corrected chi connectivity index (χ4v) is 3.78. The van der Waals surface area contributed by atoms with Crippen LogP contribution in [0, 0.1) is 6.92 Å². The normalized spacial score (nSPS) is 19.6. The van der Waals surface area contributed by atoms with Crippen molar-refractivity contribution in [3.8, 4) is 0 Å². The molecule has 2 N–H and O–H groups in total. The van der Waals surface area contributed by atoms with Crippen LogP contribution in [0.2, 0.25) is 0 Å². The lowest BCUT2D eigenvalue weighted by atomic mass is 9.91. The molecule has 0 bridgehead atoms. The second-order valence-corrected chi connectivity index (χ2v) is 7.25. The quantitative estimate of drug-likeness (QED) is 0.735. The second-order valence-electron chi connectivity index (χ2n) is 7.25. The molecule has 3 aromatic rings. The summed E-state index contributed by atoms with van der Waals surface area (Å²) in [7, 11) is 0. The molecule has 4 rings (SSSR count). The van der Waals surface area contributed by atoms with Gasteiger partial charge in [0.2, 0.25) is 0 Å². The van der Waals surface area contributed by atoms with Crippen molar-refractivity contribution in [3.05, 3.63) is 66.0 Å². The first-order valence-electron chi connectivity index (χ1n) is 9.53. The number of nitrogens with zero attached hydrogens (tertiary/aromatic N) is 2. The highest BCUT2D eigenvalue weighted by Gasteiger charge is 2.23. The molecule has 1 aliphatic rings. The van der Waals surface area contributed by atoms with Gasteiger partial charge in [-0.05, 0) is 62.4 Å². The van der Waals surface area contributed by atoms with Gasteiger partial charge in [0.05, 0.1) is 11.1 Å². The fraction of sp³-hybridized carbons (Fsp3) is 0.318. The highest BCUT2D eigenvalue weighted by Crippen LogP contribution is 2.25. The van der Waals surface area contributed by atoms with Crippen LogP contribution in [-0.2, 0) is 0 Å². The van der Waals surface area contributed by atoms with Crippen molar-refractivity contribution in [2.45, 2.75) is 44.7 Å². The molecule has 1 aromatic carbocycles. The van der Waals surface area contributed by atoms with E-state index in [1.54, 1.807) is 24.5 Å². The fourth-order valence-electron chi connectivity index (χ4n) is 3.78. The number of amides is 1. The third-order valence-corrected chi connectivity index (χ3v) is 5.26. The maximum atomic E-state index is 12.3. The molecule has 0 saturated heterocycles. The van der Waals surface area contributed by atoms with Gasteiger partial charge in [-0.1, -0.05) is 18.2 Å². The van der Waals surface area contributed by atoms with E-state index in [-0.39, 0.29) is 11.9 Å². The minimum absolute atomic E-state index is 0.0358. The summed E-state index contributed by atoms with van der Waals surface area (Å²) in [6.45, 7) is 2.13. The first kappa shape index (κ1) is 17.5. The molecule has 0 unspecified atom stereocenters. The minimum Gasteiger partial charge on any atom is -0.367 e. The van der Waals surface area contributed by atoms with Crippen LogP contribution >= 0.6 is 0 Å². The molecule has 1 amide bonds. The zero-order valence-electron chi connectivity index (χ0n) is 15.5. The summed E-state index contributed by atoms with van der Waals surface area (Å²) in [5.74, 6) is 0.903. The van der Waals surface area contributed by atoms with Gasteiger partial charge < -0.3 is 10.6 Å². The number of carbonyl (C=O) groups excluding carboxylic acids is 1. The van der Waals surface area contributed by atoms with E-state index in [1.165, 1.54) is 10.9 Å². The molecule has 138 valence electrons. The van der Waals surface area contributed by atoms with Crippen LogP contribution < -0.4 is 10.6 Å². The number of benzene rings is 1. The summed E-state index contributed by atoms with van der Waals surface area (Å²) in [5.41, 5.74) is 2.88. The van der Waals surface area contributed by atoms with Crippen LogP contribution in [-0.4, -0.2) is 28.0 Å². The number of carbonyl (C=O) groups is 1. The molecule has 0 radical (unpaired) electrons. The van der Waals surface area contributed by atoms with E-state index in [2.05, 4.69) is 40.7 Å². The van der Waals surface area contributed by atoms with Crippen LogP contribution in [0.4, 0.5) is 5.82 Å². The van der Waals surface area contributed by atoms with Gasteiger partial charge in [0, 0.05) is 29.9 Å². The Morgan fingerprint density at radius 3 is 2.59 bits per heavy atom. The highest BCUT2D eigenvalue weighted by molar-refractivity contribution is 5.94. The second kappa shape index (κ2) is 7.74. The average Bonchev–Trinajstić information content (AvgIpc) is 2.70. The smallest absolute Gasteiger partial charge is 0.253 e. The van der Waals surface area contributed by atoms with E-state index in [9.17, 15) is 4.79 Å². The summed E-state index contributed by atoms with van der Waals surface area (Å²) >= 11 is 0. The van der Waals surface area contributed by atoms with Crippen LogP contribution in [0.1, 0.15) is 41.6 Å². The van der Waals surface area contributed by atoms with Crippen molar-refractivity contribution < 1.29 is 4.79 Å². The maximum absolute atomic E-state index is 12.3. The Bertz CT molecular complexity index is 933. The zero-order valence-corrected chi connectivity index (χ0v) is 15.5. The van der Waals surface area contributed by atoms with Crippen LogP contribution in [0.3, 0.4) is 0 Å². The van der Waals surface area contributed by atoms with Crippen LogP contribution in [0.5, 0.6) is 0 Å². The number of hydrogen-bond acceptors (Lipinski definition) is 4. The number of aryl methyl sites for hydroxylation is 1. The first-order valence-corrected chi connectivity index (χ1v) is 9.53. The number of rotatable bonds is 4. The summed E-state index contributed by atoms with van der Waals surface area (Å²) in [5, 5.41) is 7.92. The van der Waals surface area contributed by atoms with Gasteiger partial charge in [-0.3, -0.25) is 9.78 Å². The zero-order chi connectivity index (χ0) is 18.6. The molecule has 5 heteroatoms. The molecule has 1 fully saturated rings. The summed E-state index contributed by atoms with van der Waals surface area (Å²) in [4.78, 5) is 21.0. The lowest BCUT2D eigenvalue weighted by Crippen LogP contribution is -2.40. The molecular formula is C22H24N4O. The van der Waals surface area contributed by atoms with Gasteiger partial charge in [-0.25, -0.2) is 4.98 Å². The van der Waals surface area contributed by atoms with Crippen LogP contribution in [0.25, 0.3) is 10.9 Å². The Balaban J connectivity index is 1.34. The number of fused-ring (bicyclic) bond motifs is 1. The van der Waals surface area contributed by atoms with Gasteiger partial charge in [-0.2, -0.15) is 0 Å². The van der Waals surface area contributed by atoms with Crippen molar-refractivity contribution in [2.75, 3.05) is 5.32 Å². The molecule has 27 heavy (non-hydrogen) atoms. The van der Waals surface area contributed by atoms with Crippen molar-refractivity contribution in [2.24, 2.45) is 0 Å². The van der Waals surface area contributed by atoms with Gasteiger partial charge >= 0.3 is 0 Å². The number of para-hydroxylation sites is 1. The van der Waals surface area contributed by atoms with Crippen molar-refractivity contribution in [1.82, 2.24) is 15.3 Å². The van der Waals surface area contributed by atoms with Gasteiger partial charge in [0.15, 0.2) is 0 Å². The van der Waals surface area contributed by atoms with Crippen LogP contribution in [0.15, 0.2) is 54.9 Å². The van der Waals surface area contributed by atoms with Crippen molar-refractivity contribution >= 4 is 22.6 Å². The molecule has 0 atom stereocenters. The Morgan fingerprint density at radius 2 is 1.81 bits per heavy atom. The first-order chi connectivity index (χ1) is 13.2.